The first kappa shape index (κ1) is 18.4. The van der Waals surface area contributed by atoms with Crippen LogP contribution >= 0.6 is 0 Å². The molecular weight excluding hydrogens is 340 g/mol. The summed E-state index contributed by atoms with van der Waals surface area (Å²) in [6.07, 6.45) is 1.31. The normalized spacial score (nSPS) is 11.1. The first-order chi connectivity index (χ1) is 12.9. The number of rotatable bonds is 3. The van der Waals surface area contributed by atoms with Crippen molar-refractivity contribution in [3.8, 4) is 5.69 Å². The van der Waals surface area contributed by atoms with Crippen molar-refractivity contribution in [2.24, 2.45) is 4.99 Å². The van der Waals surface area contributed by atoms with Crippen molar-refractivity contribution in [1.82, 2.24) is 9.78 Å². The number of anilines is 1. The molecule has 3 aromatic rings. The number of nitrogens with zero attached hydrogens (tertiary/aromatic N) is 2. The van der Waals surface area contributed by atoms with Crippen LogP contribution in [0.5, 0.6) is 0 Å². The van der Waals surface area contributed by atoms with Crippen LogP contribution in [-0.4, -0.2) is 22.0 Å². The van der Waals surface area contributed by atoms with E-state index in [1.165, 1.54) is 10.9 Å². The lowest BCUT2D eigenvalue weighted by Crippen LogP contribution is -2.18. The maximum Gasteiger partial charge on any atom is 0.345 e. The average Bonchev–Trinajstić information content (AvgIpc) is 2.91. The van der Waals surface area contributed by atoms with E-state index in [2.05, 4.69) is 15.4 Å². The van der Waals surface area contributed by atoms with E-state index >= 15 is 0 Å². The fourth-order valence-electron chi connectivity index (χ4n) is 2.82. The van der Waals surface area contributed by atoms with Crippen molar-refractivity contribution in [2.45, 2.75) is 27.7 Å². The van der Waals surface area contributed by atoms with Crippen molar-refractivity contribution < 1.29 is 4.79 Å². The summed E-state index contributed by atoms with van der Waals surface area (Å²) in [5, 5.41) is 5.78. The van der Waals surface area contributed by atoms with Crippen molar-refractivity contribution in [2.75, 3.05) is 5.32 Å². The highest BCUT2D eigenvalue weighted by atomic mass is 16.2. The first-order valence-electron chi connectivity index (χ1n) is 8.66. The first-order valence-corrected chi connectivity index (χ1v) is 8.66. The monoisotopic (exact) mass is 362 g/mol. The lowest BCUT2D eigenvalue weighted by Gasteiger charge is -2.07. The summed E-state index contributed by atoms with van der Waals surface area (Å²) < 4.78 is 1.45. The Morgan fingerprint density at radius 3 is 2.59 bits per heavy atom. The third kappa shape index (κ3) is 3.89. The van der Waals surface area contributed by atoms with E-state index in [1.807, 2.05) is 63.2 Å². The van der Waals surface area contributed by atoms with Crippen LogP contribution in [-0.2, 0) is 0 Å². The Labute approximate surface area is 157 Å². The molecular formula is C21H22N4O2. The zero-order valence-electron chi connectivity index (χ0n) is 15.8. The van der Waals surface area contributed by atoms with Crippen LogP contribution in [0.2, 0.25) is 0 Å². The van der Waals surface area contributed by atoms with Gasteiger partial charge in [0.05, 0.1) is 11.3 Å². The Bertz CT molecular complexity index is 1090. The van der Waals surface area contributed by atoms with Gasteiger partial charge in [0.15, 0.2) is 0 Å². The molecule has 0 aliphatic rings. The molecule has 2 amide bonds. The summed E-state index contributed by atoms with van der Waals surface area (Å²) in [6.45, 7) is 7.65. The second-order valence-corrected chi connectivity index (χ2v) is 6.57. The number of carbonyl (C=O) groups is 1. The Morgan fingerprint density at radius 2 is 1.85 bits per heavy atom. The van der Waals surface area contributed by atoms with E-state index in [1.54, 1.807) is 6.92 Å². The van der Waals surface area contributed by atoms with Crippen molar-refractivity contribution in [3.63, 3.8) is 0 Å². The lowest BCUT2D eigenvalue weighted by molar-refractivity contribution is 0.259. The number of hydrogen-bond donors (Lipinski definition) is 2. The van der Waals surface area contributed by atoms with E-state index < -0.39 is 6.03 Å². The summed E-state index contributed by atoms with van der Waals surface area (Å²) in [5.74, 6) is 0. The van der Waals surface area contributed by atoms with Crippen LogP contribution in [0.25, 0.3) is 5.69 Å². The smallest absolute Gasteiger partial charge is 0.306 e. The summed E-state index contributed by atoms with van der Waals surface area (Å²) >= 11 is 0. The fraction of sp³-hybridized carbons (Fsp3) is 0.190. The highest BCUT2D eigenvalue weighted by molar-refractivity contribution is 5.98. The predicted molar refractivity (Wildman–Crippen MR) is 108 cm³/mol. The van der Waals surface area contributed by atoms with Crippen LogP contribution in [0, 0.1) is 27.7 Å². The zero-order chi connectivity index (χ0) is 19.6. The van der Waals surface area contributed by atoms with E-state index in [4.69, 9.17) is 0 Å². The molecule has 138 valence electrons. The molecule has 0 bridgehead atoms. The number of amides is 2. The summed E-state index contributed by atoms with van der Waals surface area (Å²) in [4.78, 5) is 28.7. The summed E-state index contributed by atoms with van der Waals surface area (Å²) in [6, 6.07) is 12.8. The molecule has 0 saturated heterocycles. The molecule has 0 fully saturated rings. The molecule has 1 heterocycles. The quantitative estimate of drug-likeness (QED) is 0.689. The number of carbonyl (C=O) groups excluding carboxylic acids is 1. The fourth-order valence-corrected chi connectivity index (χ4v) is 2.82. The van der Waals surface area contributed by atoms with E-state index in [-0.39, 0.29) is 5.56 Å². The molecule has 6 nitrogen and oxygen atoms in total. The van der Waals surface area contributed by atoms with Crippen LogP contribution < -0.4 is 10.9 Å². The van der Waals surface area contributed by atoms with Gasteiger partial charge in [0, 0.05) is 17.6 Å². The number of aryl methyl sites for hydroxylation is 3. The van der Waals surface area contributed by atoms with E-state index in [9.17, 15) is 9.59 Å². The Morgan fingerprint density at radius 1 is 1.11 bits per heavy atom. The molecule has 0 saturated carbocycles. The molecule has 0 unspecified atom stereocenters. The third-order valence-corrected chi connectivity index (χ3v) is 4.53. The highest BCUT2D eigenvalue weighted by Gasteiger charge is 2.11. The van der Waals surface area contributed by atoms with Gasteiger partial charge in [-0.1, -0.05) is 24.3 Å². The van der Waals surface area contributed by atoms with Gasteiger partial charge in [-0.15, -0.1) is 0 Å². The SMILES string of the molecule is Cc1cccc(-n2[nH]c(C)c(C=NC(=O)Nc3cccc(C)c3C)c2=O)c1. The van der Waals surface area contributed by atoms with Crippen molar-refractivity contribution in [3.05, 3.63) is 80.8 Å². The lowest BCUT2D eigenvalue weighted by atomic mass is 10.1. The van der Waals surface area contributed by atoms with Gasteiger partial charge >= 0.3 is 6.03 Å². The number of nitrogens with one attached hydrogen (secondary N) is 2. The molecule has 0 aliphatic carbocycles. The van der Waals surface area contributed by atoms with Crippen LogP contribution in [0.15, 0.2) is 52.3 Å². The summed E-state index contributed by atoms with van der Waals surface area (Å²) in [7, 11) is 0. The Balaban J connectivity index is 1.84. The van der Waals surface area contributed by atoms with E-state index in [0.717, 1.165) is 22.4 Å². The predicted octanol–water partition coefficient (Wildman–Crippen LogP) is 4.05. The van der Waals surface area contributed by atoms with Gasteiger partial charge in [0.25, 0.3) is 5.56 Å². The molecule has 0 radical (unpaired) electrons. The van der Waals surface area contributed by atoms with Crippen LogP contribution in [0.1, 0.15) is 27.9 Å². The highest BCUT2D eigenvalue weighted by Crippen LogP contribution is 2.18. The molecule has 0 spiro atoms. The topological polar surface area (TPSA) is 79.2 Å². The largest absolute Gasteiger partial charge is 0.345 e. The Kier molecular flexibility index (Phi) is 5.07. The molecule has 6 heteroatoms. The standard InChI is InChI=1S/C21H22N4O2/c1-13-7-5-9-17(11-13)25-20(26)18(16(4)24-25)12-22-21(27)23-19-10-6-8-14(2)15(19)3/h5-12,24H,1-4H3,(H,23,27). The van der Waals surface area contributed by atoms with Gasteiger partial charge in [0.1, 0.15) is 0 Å². The van der Waals surface area contributed by atoms with Crippen molar-refractivity contribution >= 4 is 17.9 Å². The maximum absolute atomic E-state index is 12.7. The molecule has 0 aliphatic heterocycles. The van der Waals surface area contributed by atoms with Crippen LogP contribution in [0.4, 0.5) is 10.5 Å². The third-order valence-electron chi connectivity index (χ3n) is 4.53. The molecule has 2 aromatic carbocycles. The minimum Gasteiger partial charge on any atom is -0.306 e. The number of aromatic amines is 1. The minimum atomic E-state index is -0.522. The minimum absolute atomic E-state index is 0.249. The number of urea groups is 1. The van der Waals surface area contributed by atoms with Gasteiger partial charge in [-0.05, 0) is 62.6 Å². The van der Waals surface area contributed by atoms with Crippen LogP contribution in [0.3, 0.4) is 0 Å². The van der Waals surface area contributed by atoms with Gasteiger partial charge in [-0.25, -0.2) is 14.5 Å². The molecule has 1 aromatic heterocycles. The number of aromatic nitrogens is 2. The average molecular weight is 362 g/mol. The summed E-state index contributed by atoms with van der Waals surface area (Å²) in [5.41, 5.74) is 5.32. The van der Waals surface area contributed by atoms with Gasteiger partial charge in [0.2, 0.25) is 0 Å². The number of aliphatic imine (C=N–C) groups is 1. The number of benzene rings is 2. The van der Waals surface area contributed by atoms with Gasteiger partial charge < -0.3 is 5.32 Å². The molecule has 2 N–H and O–H groups in total. The Hall–Kier alpha value is -3.41. The molecule has 27 heavy (non-hydrogen) atoms. The van der Waals surface area contributed by atoms with E-state index in [0.29, 0.717) is 16.9 Å². The van der Waals surface area contributed by atoms with Crippen molar-refractivity contribution in [1.29, 1.82) is 0 Å². The maximum atomic E-state index is 12.7. The second-order valence-electron chi connectivity index (χ2n) is 6.57. The number of hydrogen-bond acceptors (Lipinski definition) is 2. The molecule has 0 atom stereocenters. The van der Waals surface area contributed by atoms with Gasteiger partial charge in [-0.3, -0.25) is 9.89 Å². The zero-order valence-corrected chi connectivity index (χ0v) is 15.8. The molecule has 3 rings (SSSR count). The van der Waals surface area contributed by atoms with Gasteiger partial charge in [-0.2, -0.15) is 0 Å². The number of H-pyrrole nitrogens is 1. The second kappa shape index (κ2) is 7.45.